The fraction of sp³-hybridized carbons (Fsp3) is 0.294. The van der Waals surface area contributed by atoms with Gasteiger partial charge in [0.1, 0.15) is 17.4 Å². The molecule has 1 aliphatic rings. The molecule has 5 rings (SSSR count). The largest absolute Gasteiger partial charge is 0.453 e. The SMILES string of the molecule is CCCCCCNc1c(F)cc(F)c2oc(-c3ccc(N(CCCN4C(=O)c5ccccc5C4=O)C(C)=O)c(F)c3)cc(=O)c12. The van der Waals surface area contributed by atoms with Crippen LogP contribution < -0.4 is 15.6 Å². The molecule has 0 saturated heterocycles. The summed E-state index contributed by atoms with van der Waals surface area (Å²) in [6, 6.07) is 12.0. The van der Waals surface area contributed by atoms with Crippen molar-refractivity contribution in [1.29, 1.82) is 0 Å². The van der Waals surface area contributed by atoms with Gasteiger partial charge in [0, 0.05) is 44.3 Å². The lowest BCUT2D eigenvalue weighted by Gasteiger charge is -2.23. The minimum absolute atomic E-state index is 0.00899. The highest BCUT2D eigenvalue weighted by Crippen LogP contribution is 2.32. The smallest absolute Gasteiger partial charge is 0.261 e. The molecule has 11 heteroatoms. The molecule has 1 aliphatic heterocycles. The van der Waals surface area contributed by atoms with Crippen molar-refractivity contribution >= 4 is 40.1 Å². The molecule has 2 heterocycles. The number of carbonyl (C=O) groups excluding carboxylic acids is 3. The molecule has 3 aromatic carbocycles. The molecule has 0 radical (unpaired) electrons. The molecule has 1 aromatic heterocycles. The number of fused-ring (bicyclic) bond motifs is 2. The van der Waals surface area contributed by atoms with Gasteiger partial charge in [0.15, 0.2) is 16.8 Å². The monoisotopic (exact) mass is 619 g/mol. The summed E-state index contributed by atoms with van der Waals surface area (Å²) in [6.45, 7) is 3.74. The van der Waals surface area contributed by atoms with Crippen LogP contribution >= 0.6 is 0 Å². The lowest BCUT2D eigenvalue weighted by Crippen LogP contribution is -2.35. The maximum atomic E-state index is 15.5. The number of nitrogens with one attached hydrogen (secondary N) is 1. The van der Waals surface area contributed by atoms with Crippen LogP contribution in [0.4, 0.5) is 24.5 Å². The van der Waals surface area contributed by atoms with E-state index in [1.807, 2.05) is 0 Å². The summed E-state index contributed by atoms with van der Waals surface area (Å²) in [5.41, 5.74) is -0.660. The van der Waals surface area contributed by atoms with Crippen molar-refractivity contribution in [3.63, 3.8) is 0 Å². The van der Waals surface area contributed by atoms with E-state index in [9.17, 15) is 28.0 Å². The zero-order chi connectivity index (χ0) is 32.2. The van der Waals surface area contributed by atoms with Crippen LogP contribution in [0.25, 0.3) is 22.3 Å². The molecule has 1 N–H and O–H groups in total. The Morgan fingerprint density at radius 2 is 1.58 bits per heavy atom. The average molecular weight is 620 g/mol. The van der Waals surface area contributed by atoms with Crippen molar-refractivity contribution in [1.82, 2.24) is 4.90 Å². The van der Waals surface area contributed by atoms with Gasteiger partial charge in [-0.3, -0.25) is 24.1 Å². The lowest BCUT2D eigenvalue weighted by atomic mass is 10.1. The summed E-state index contributed by atoms with van der Waals surface area (Å²) in [5, 5.41) is 2.61. The average Bonchev–Trinajstić information content (AvgIpc) is 3.25. The third kappa shape index (κ3) is 6.33. The Hall–Kier alpha value is -4.93. The van der Waals surface area contributed by atoms with E-state index in [0.717, 1.165) is 42.7 Å². The number of unbranched alkanes of at least 4 members (excludes halogenated alkanes) is 3. The zero-order valence-electron chi connectivity index (χ0n) is 24.9. The summed E-state index contributed by atoms with van der Waals surface area (Å²) in [4.78, 5) is 53.1. The second-order valence-corrected chi connectivity index (χ2v) is 10.9. The fourth-order valence-corrected chi connectivity index (χ4v) is 5.50. The van der Waals surface area contributed by atoms with Crippen molar-refractivity contribution in [3.05, 3.63) is 93.4 Å². The number of nitrogens with zero attached hydrogens (tertiary/aromatic N) is 2. The Bertz CT molecular complexity index is 1820. The molecule has 0 unspecified atom stereocenters. The highest BCUT2D eigenvalue weighted by molar-refractivity contribution is 6.21. The molecule has 234 valence electrons. The molecule has 8 nitrogen and oxygen atoms in total. The second-order valence-electron chi connectivity index (χ2n) is 10.9. The van der Waals surface area contributed by atoms with Crippen molar-refractivity contribution in [2.75, 3.05) is 29.9 Å². The summed E-state index contributed by atoms with van der Waals surface area (Å²) in [7, 11) is 0. The number of hydrogen-bond donors (Lipinski definition) is 1. The Balaban J connectivity index is 1.35. The number of rotatable bonds is 12. The van der Waals surface area contributed by atoms with Crippen LogP contribution in [0.1, 0.15) is 66.7 Å². The number of carbonyl (C=O) groups is 3. The topological polar surface area (TPSA) is 99.9 Å². The van der Waals surface area contributed by atoms with Crippen molar-refractivity contribution in [2.45, 2.75) is 46.0 Å². The van der Waals surface area contributed by atoms with Crippen LogP contribution in [-0.2, 0) is 4.79 Å². The Morgan fingerprint density at radius 1 is 0.867 bits per heavy atom. The summed E-state index contributed by atoms with van der Waals surface area (Å²) in [6.07, 6.45) is 3.87. The van der Waals surface area contributed by atoms with E-state index in [4.69, 9.17) is 4.42 Å². The standard InChI is InChI=1S/C34H32F3N3O5/c1-3-4-5-8-14-38-31-25(36)18-26(37)32-30(31)28(42)19-29(45-32)21-12-13-27(24(35)17-21)39(20(2)41)15-9-16-40-33(43)22-10-6-7-11-23(22)34(40)44/h6-7,10-13,17-19,38H,3-5,8-9,14-16H2,1-2H3. The quantitative estimate of drug-likeness (QED) is 0.137. The zero-order valence-corrected chi connectivity index (χ0v) is 24.9. The maximum Gasteiger partial charge on any atom is 0.261 e. The summed E-state index contributed by atoms with van der Waals surface area (Å²) in [5.74, 6) is -4.27. The van der Waals surface area contributed by atoms with E-state index in [1.54, 1.807) is 24.3 Å². The predicted octanol–water partition coefficient (Wildman–Crippen LogP) is 6.91. The normalized spacial score (nSPS) is 12.6. The van der Waals surface area contributed by atoms with Crippen LogP contribution in [0.2, 0.25) is 0 Å². The highest BCUT2D eigenvalue weighted by atomic mass is 19.1. The van der Waals surface area contributed by atoms with Crippen LogP contribution in [0, 0.1) is 17.5 Å². The molecular formula is C34H32F3N3O5. The van der Waals surface area contributed by atoms with E-state index < -0.39 is 46.2 Å². The molecule has 4 aromatic rings. The molecule has 0 bridgehead atoms. The Labute approximate surface area is 257 Å². The van der Waals surface area contributed by atoms with Gasteiger partial charge < -0.3 is 14.6 Å². The number of hydrogen-bond acceptors (Lipinski definition) is 6. The number of halogens is 3. The van der Waals surface area contributed by atoms with Gasteiger partial charge in [-0.25, -0.2) is 13.2 Å². The number of anilines is 2. The highest BCUT2D eigenvalue weighted by Gasteiger charge is 2.34. The first-order chi connectivity index (χ1) is 21.6. The van der Waals surface area contributed by atoms with Gasteiger partial charge in [0.05, 0.1) is 27.9 Å². The molecule has 3 amide bonds. The van der Waals surface area contributed by atoms with Crippen LogP contribution in [-0.4, -0.2) is 42.3 Å². The van der Waals surface area contributed by atoms with E-state index in [1.165, 1.54) is 24.0 Å². The third-order valence-corrected chi connectivity index (χ3v) is 7.78. The van der Waals surface area contributed by atoms with Crippen LogP contribution in [0.5, 0.6) is 0 Å². The predicted molar refractivity (Wildman–Crippen MR) is 165 cm³/mol. The summed E-state index contributed by atoms with van der Waals surface area (Å²) >= 11 is 0. The van der Waals surface area contributed by atoms with E-state index >= 15 is 4.39 Å². The fourth-order valence-electron chi connectivity index (χ4n) is 5.50. The molecule has 45 heavy (non-hydrogen) atoms. The lowest BCUT2D eigenvalue weighted by molar-refractivity contribution is -0.116. The van der Waals surface area contributed by atoms with Gasteiger partial charge in [-0.1, -0.05) is 38.3 Å². The van der Waals surface area contributed by atoms with Crippen molar-refractivity contribution < 1.29 is 32.0 Å². The Kier molecular flexibility index (Phi) is 9.36. The van der Waals surface area contributed by atoms with Crippen LogP contribution in [0.15, 0.2) is 63.8 Å². The summed E-state index contributed by atoms with van der Waals surface area (Å²) < 4.78 is 50.6. The van der Waals surface area contributed by atoms with E-state index in [0.29, 0.717) is 23.7 Å². The first-order valence-corrected chi connectivity index (χ1v) is 14.8. The molecule has 0 aliphatic carbocycles. The van der Waals surface area contributed by atoms with E-state index in [2.05, 4.69) is 12.2 Å². The third-order valence-electron chi connectivity index (χ3n) is 7.78. The molecule has 0 fully saturated rings. The molecular weight excluding hydrogens is 587 g/mol. The van der Waals surface area contributed by atoms with Crippen molar-refractivity contribution in [3.8, 4) is 11.3 Å². The van der Waals surface area contributed by atoms with Gasteiger partial charge in [0.2, 0.25) is 5.91 Å². The van der Waals surface area contributed by atoms with Gasteiger partial charge in [-0.2, -0.15) is 0 Å². The first kappa shape index (κ1) is 31.5. The number of imide groups is 1. The minimum Gasteiger partial charge on any atom is -0.453 e. The van der Waals surface area contributed by atoms with E-state index in [-0.39, 0.29) is 47.6 Å². The second kappa shape index (κ2) is 13.4. The minimum atomic E-state index is -1.07. The molecule has 0 atom stereocenters. The van der Waals surface area contributed by atoms with Gasteiger partial charge in [0.25, 0.3) is 11.8 Å². The van der Waals surface area contributed by atoms with Gasteiger partial charge in [-0.05, 0) is 43.2 Å². The Morgan fingerprint density at radius 3 is 2.22 bits per heavy atom. The number of benzene rings is 3. The van der Waals surface area contributed by atoms with Crippen molar-refractivity contribution in [2.24, 2.45) is 0 Å². The molecule has 0 spiro atoms. The first-order valence-electron chi connectivity index (χ1n) is 14.8. The van der Waals surface area contributed by atoms with Gasteiger partial charge >= 0.3 is 0 Å². The number of amides is 3. The van der Waals surface area contributed by atoms with Gasteiger partial charge in [-0.15, -0.1) is 0 Å². The molecule has 0 saturated carbocycles. The van der Waals surface area contributed by atoms with Crippen LogP contribution in [0.3, 0.4) is 0 Å². The maximum absolute atomic E-state index is 15.5.